The van der Waals surface area contributed by atoms with E-state index in [0.717, 1.165) is 12.1 Å². The highest BCUT2D eigenvalue weighted by Crippen LogP contribution is 2.04. The van der Waals surface area contributed by atoms with Crippen molar-refractivity contribution in [3.05, 3.63) is 59.7 Å². The van der Waals surface area contributed by atoms with Gasteiger partial charge in [-0.2, -0.15) is 0 Å². The Balaban J connectivity index is 1.77. The summed E-state index contributed by atoms with van der Waals surface area (Å²) in [6.07, 6.45) is 3.10. The number of amides is 1. The van der Waals surface area contributed by atoms with Crippen LogP contribution in [0.2, 0.25) is 0 Å². The van der Waals surface area contributed by atoms with Crippen LogP contribution in [0.25, 0.3) is 0 Å². The van der Waals surface area contributed by atoms with E-state index in [2.05, 4.69) is 15.3 Å². The van der Waals surface area contributed by atoms with Gasteiger partial charge in [0.1, 0.15) is 5.82 Å². The first-order valence-corrected chi connectivity index (χ1v) is 7.01. The topological polar surface area (TPSA) is 80.9 Å². The summed E-state index contributed by atoms with van der Waals surface area (Å²) in [7, 11) is 0. The Morgan fingerprint density at radius 1 is 1.29 bits per heavy atom. The predicted molar refractivity (Wildman–Crippen MR) is 81.4 cm³/mol. The van der Waals surface area contributed by atoms with Crippen LogP contribution < -0.4 is 11.1 Å². The number of nitrogens with one attached hydrogen (secondary N) is 1. The molecule has 1 atom stereocenters. The van der Waals surface area contributed by atoms with E-state index < -0.39 is 6.04 Å². The number of aryl methyl sites for hydroxylation is 2. The molecular formula is C16H20N4O. The highest BCUT2D eigenvalue weighted by atomic mass is 16.2. The van der Waals surface area contributed by atoms with Crippen LogP contribution in [0.15, 0.2) is 42.6 Å². The number of nitrogens with two attached hydrogens (primary N) is 1. The second-order valence-electron chi connectivity index (χ2n) is 4.94. The molecule has 0 saturated carbocycles. The SMILES string of the molecule is Cc1nccc(CNC(=O)[C@@H](N)CCc2ccccc2)n1. The summed E-state index contributed by atoms with van der Waals surface area (Å²) in [6, 6.07) is 11.3. The molecule has 110 valence electrons. The van der Waals surface area contributed by atoms with E-state index in [0.29, 0.717) is 18.8 Å². The Hall–Kier alpha value is -2.27. The van der Waals surface area contributed by atoms with Gasteiger partial charge in [-0.1, -0.05) is 30.3 Å². The van der Waals surface area contributed by atoms with Crippen molar-refractivity contribution in [2.45, 2.75) is 32.4 Å². The van der Waals surface area contributed by atoms with Gasteiger partial charge in [0.05, 0.1) is 18.3 Å². The van der Waals surface area contributed by atoms with E-state index in [4.69, 9.17) is 5.73 Å². The number of hydrogen-bond donors (Lipinski definition) is 2. The Morgan fingerprint density at radius 2 is 2.05 bits per heavy atom. The quantitative estimate of drug-likeness (QED) is 0.839. The molecule has 2 aromatic rings. The summed E-state index contributed by atoms with van der Waals surface area (Å²) in [5.41, 5.74) is 7.88. The number of nitrogens with zero attached hydrogens (tertiary/aromatic N) is 2. The fraction of sp³-hybridized carbons (Fsp3) is 0.312. The summed E-state index contributed by atoms with van der Waals surface area (Å²) in [4.78, 5) is 20.2. The second-order valence-corrected chi connectivity index (χ2v) is 4.94. The number of hydrogen-bond acceptors (Lipinski definition) is 4. The van der Waals surface area contributed by atoms with E-state index >= 15 is 0 Å². The second kappa shape index (κ2) is 7.50. The lowest BCUT2D eigenvalue weighted by Crippen LogP contribution is -2.40. The van der Waals surface area contributed by atoms with Gasteiger partial charge in [-0.15, -0.1) is 0 Å². The normalized spacial score (nSPS) is 11.9. The van der Waals surface area contributed by atoms with E-state index in [-0.39, 0.29) is 5.91 Å². The molecule has 0 unspecified atom stereocenters. The number of benzene rings is 1. The fourth-order valence-corrected chi connectivity index (χ4v) is 2.01. The maximum atomic E-state index is 11.9. The molecule has 0 aliphatic rings. The highest BCUT2D eigenvalue weighted by Gasteiger charge is 2.13. The largest absolute Gasteiger partial charge is 0.349 e. The molecule has 0 saturated heterocycles. The Bertz CT molecular complexity index is 586. The van der Waals surface area contributed by atoms with Crippen molar-refractivity contribution < 1.29 is 4.79 Å². The van der Waals surface area contributed by atoms with E-state index in [1.807, 2.05) is 37.3 Å². The third kappa shape index (κ3) is 4.96. The van der Waals surface area contributed by atoms with Gasteiger partial charge in [-0.3, -0.25) is 4.79 Å². The van der Waals surface area contributed by atoms with Crippen molar-refractivity contribution in [1.29, 1.82) is 0 Å². The third-order valence-corrected chi connectivity index (χ3v) is 3.20. The van der Waals surface area contributed by atoms with Crippen LogP contribution in [0, 0.1) is 6.92 Å². The first kappa shape index (κ1) is 15.1. The lowest BCUT2D eigenvalue weighted by molar-refractivity contribution is -0.122. The number of aromatic nitrogens is 2. The zero-order valence-corrected chi connectivity index (χ0v) is 12.1. The lowest BCUT2D eigenvalue weighted by atomic mass is 10.1. The molecule has 5 heteroatoms. The molecule has 0 aliphatic heterocycles. The molecule has 0 aliphatic carbocycles. The summed E-state index contributed by atoms with van der Waals surface area (Å²) < 4.78 is 0. The first-order chi connectivity index (χ1) is 10.1. The van der Waals surface area contributed by atoms with Gasteiger partial charge in [-0.25, -0.2) is 9.97 Å². The summed E-state index contributed by atoms with van der Waals surface area (Å²) >= 11 is 0. The molecule has 1 aromatic carbocycles. The third-order valence-electron chi connectivity index (χ3n) is 3.20. The minimum absolute atomic E-state index is 0.151. The fourth-order valence-electron chi connectivity index (χ4n) is 2.01. The van der Waals surface area contributed by atoms with Crippen LogP contribution in [-0.2, 0) is 17.8 Å². The van der Waals surface area contributed by atoms with Crippen LogP contribution in [0.5, 0.6) is 0 Å². The monoisotopic (exact) mass is 284 g/mol. The molecule has 0 bridgehead atoms. The summed E-state index contributed by atoms with van der Waals surface area (Å²) in [5, 5.41) is 2.81. The maximum absolute atomic E-state index is 11.9. The predicted octanol–water partition coefficient (Wildman–Crippen LogP) is 1.36. The van der Waals surface area contributed by atoms with Crippen molar-refractivity contribution in [3.8, 4) is 0 Å². The molecule has 0 radical (unpaired) electrons. The van der Waals surface area contributed by atoms with Crippen molar-refractivity contribution in [2.75, 3.05) is 0 Å². The van der Waals surface area contributed by atoms with Gasteiger partial charge in [0.2, 0.25) is 5.91 Å². The van der Waals surface area contributed by atoms with Crippen molar-refractivity contribution in [3.63, 3.8) is 0 Å². The molecule has 3 N–H and O–H groups in total. The van der Waals surface area contributed by atoms with Crippen LogP contribution in [0.1, 0.15) is 23.5 Å². The van der Waals surface area contributed by atoms with Gasteiger partial charge in [0.15, 0.2) is 0 Å². The van der Waals surface area contributed by atoms with Gasteiger partial charge >= 0.3 is 0 Å². The molecule has 0 spiro atoms. The molecule has 1 heterocycles. The lowest BCUT2D eigenvalue weighted by Gasteiger charge is -2.12. The van der Waals surface area contributed by atoms with Crippen molar-refractivity contribution in [2.24, 2.45) is 5.73 Å². The Kier molecular flexibility index (Phi) is 5.40. The van der Waals surface area contributed by atoms with Gasteiger partial charge in [-0.05, 0) is 31.4 Å². The van der Waals surface area contributed by atoms with Gasteiger partial charge < -0.3 is 11.1 Å². The Morgan fingerprint density at radius 3 is 2.76 bits per heavy atom. The molecule has 5 nitrogen and oxygen atoms in total. The average Bonchev–Trinajstić information content (AvgIpc) is 2.51. The van der Waals surface area contributed by atoms with Gasteiger partial charge in [0.25, 0.3) is 0 Å². The highest BCUT2D eigenvalue weighted by molar-refractivity contribution is 5.81. The molecule has 21 heavy (non-hydrogen) atoms. The average molecular weight is 284 g/mol. The van der Waals surface area contributed by atoms with E-state index in [9.17, 15) is 4.79 Å². The summed E-state index contributed by atoms with van der Waals surface area (Å²) in [5.74, 6) is 0.539. The van der Waals surface area contributed by atoms with Crippen LogP contribution in [0.3, 0.4) is 0 Å². The summed E-state index contributed by atoms with van der Waals surface area (Å²) in [6.45, 7) is 2.19. The minimum atomic E-state index is -0.506. The van der Waals surface area contributed by atoms with Crippen LogP contribution in [-0.4, -0.2) is 21.9 Å². The maximum Gasteiger partial charge on any atom is 0.237 e. The smallest absolute Gasteiger partial charge is 0.237 e. The van der Waals surface area contributed by atoms with Crippen molar-refractivity contribution in [1.82, 2.24) is 15.3 Å². The molecule has 1 amide bonds. The molecule has 1 aromatic heterocycles. The molecule has 2 rings (SSSR count). The van der Waals surface area contributed by atoms with E-state index in [1.54, 1.807) is 12.3 Å². The molecular weight excluding hydrogens is 264 g/mol. The number of carbonyl (C=O) groups excluding carboxylic acids is 1. The van der Waals surface area contributed by atoms with Crippen molar-refractivity contribution >= 4 is 5.91 Å². The standard InChI is InChI=1S/C16H20N4O/c1-12-18-10-9-14(20-12)11-19-16(21)15(17)8-7-13-5-3-2-4-6-13/h2-6,9-10,15H,7-8,11,17H2,1H3,(H,19,21)/t15-/m0/s1. The van der Waals surface area contributed by atoms with Crippen LogP contribution >= 0.6 is 0 Å². The zero-order chi connectivity index (χ0) is 15.1. The van der Waals surface area contributed by atoms with Gasteiger partial charge in [0, 0.05) is 6.20 Å². The number of rotatable bonds is 6. The number of carbonyl (C=O) groups is 1. The molecule has 0 fully saturated rings. The zero-order valence-electron chi connectivity index (χ0n) is 12.1. The Labute approximate surface area is 124 Å². The van der Waals surface area contributed by atoms with Crippen LogP contribution in [0.4, 0.5) is 0 Å². The minimum Gasteiger partial charge on any atom is -0.349 e. The van der Waals surface area contributed by atoms with E-state index in [1.165, 1.54) is 5.56 Å². The first-order valence-electron chi connectivity index (χ1n) is 7.01.